The third-order valence-corrected chi connectivity index (χ3v) is 7.33. The Morgan fingerprint density at radius 2 is 1.64 bits per heavy atom. The quantitative estimate of drug-likeness (QED) is 0.178. The van der Waals surface area contributed by atoms with E-state index in [1.165, 1.54) is 4.90 Å². The monoisotopic (exact) mass is 655 g/mol. The number of carbonyl (C=O) groups is 2. The summed E-state index contributed by atoms with van der Waals surface area (Å²) in [5, 5.41) is 0.926. The lowest BCUT2D eigenvalue weighted by atomic mass is 10.1. The highest BCUT2D eigenvalue weighted by atomic mass is 127. The first-order valence-electron chi connectivity index (χ1n) is 10.7. The Balaban J connectivity index is 1.43. The molecular weight excluding hydrogens is 636 g/mol. The van der Waals surface area contributed by atoms with Gasteiger partial charge in [-0.3, -0.25) is 14.5 Å². The van der Waals surface area contributed by atoms with Crippen LogP contribution in [-0.2, 0) is 11.4 Å². The third-order valence-electron chi connectivity index (χ3n) is 5.12. The molecule has 0 aromatic heterocycles. The fraction of sp³-hybridized carbons (Fsp3) is 0.154. The minimum Gasteiger partial charge on any atom is -0.493 e. The summed E-state index contributed by atoms with van der Waals surface area (Å²) in [6.45, 7) is 0.668. The average molecular weight is 656 g/mol. The summed E-state index contributed by atoms with van der Waals surface area (Å²) in [5.41, 5.74) is 1.69. The van der Waals surface area contributed by atoms with E-state index >= 15 is 0 Å². The van der Waals surface area contributed by atoms with Gasteiger partial charge in [-0.1, -0.05) is 35.3 Å². The van der Waals surface area contributed by atoms with Gasteiger partial charge in [-0.05, 0) is 100 Å². The van der Waals surface area contributed by atoms with Gasteiger partial charge in [-0.15, -0.1) is 0 Å². The predicted octanol–water partition coefficient (Wildman–Crippen LogP) is 7.30. The minimum atomic E-state index is -0.359. The molecule has 1 fully saturated rings. The molecule has 10 heteroatoms. The molecule has 3 aromatic carbocycles. The van der Waals surface area contributed by atoms with Gasteiger partial charge in [0.05, 0.1) is 22.1 Å². The molecule has 36 heavy (non-hydrogen) atoms. The molecule has 0 N–H and O–H groups in total. The number of ether oxygens (including phenoxy) is 3. The summed E-state index contributed by atoms with van der Waals surface area (Å²) in [4.78, 5) is 26.8. The normalized spacial score (nSPS) is 14.4. The van der Waals surface area contributed by atoms with Crippen LogP contribution >= 0.6 is 57.6 Å². The van der Waals surface area contributed by atoms with E-state index in [4.69, 9.17) is 37.4 Å². The molecule has 0 bridgehead atoms. The number of methoxy groups -OCH3 is 1. The second kappa shape index (κ2) is 12.2. The van der Waals surface area contributed by atoms with Crippen LogP contribution in [0.3, 0.4) is 0 Å². The maximum absolute atomic E-state index is 12.9. The van der Waals surface area contributed by atoms with Gasteiger partial charge in [0.2, 0.25) is 0 Å². The summed E-state index contributed by atoms with van der Waals surface area (Å²) < 4.78 is 18.0. The second-order valence-electron chi connectivity index (χ2n) is 7.58. The Kier molecular flexibility index (Phi) is 9.05. The van der Waals surface area contributed by atoms with Crippen LogP contribution in [0.5, 0.6) is 17.2 Å². The smallest absolute Gasteiger partial charge is 0.293 e. The van der Waals surface area contributed by atoms with E-state index in [0.29, 0.717) is 38.8 Å². The van der Waals surface area contributed by atoms with Gasteiger partial charge < -0.3 is 14.2 Å². The molecule has 6 nitrogen and oxygen atoms in total. The third kappa shape index (κ3) is 6.67. The van der Waals surface area contributed by atoms with Crippen molar-refractivity contribution in [3.8, 4) is 17.2 Å². The fourth-order valence-electron chi connectivity index (χ4n) is 3.33. The fourth-order valence-corrected chi connectivity index (χ4v) is 5.23. The molecule has 1 heterocycles. The van der Waals surface area contributed by atoms with Gasteiger partial charge in [0.25, 0.3) is 11.1 Å². The lowest BCUT2D eigenvalue weighted by Crippen LogP contribution is -2.32. The van der Waals surface area contributed by atoms with Crippen molar-refractivity contribution in [1.29, 1.82) is 0 Å². The Bertz CT molecular complexity index is 1300. The van der Waals surface area contributed by atoms with Crippen molar-refractivity contribution >= 4 is 74.8 Å². The van der Waals surface area contributed by atoms with Crippen molar-refractivity contribution in [2.45, 2.75) is 6.61 Å². The summed E-state index contributed by atoms with van der Waals surface area (Å²) in [5.74, 6) is 1.37. The van der Waals surface area contributed by atoms with Crippen molar-refractivity contribution < 1.29 is 23.8 Å². The molecule has 186 valence electrons. The van der Waals surface area contributed by atoms with Crippen LogP contribution in [-0.4, -0.2) is 36.3 Å². The van der Waals surface area contributed by atoms with Crippen LogP contribution in [0.25, 0.3) is 6.08 Å². The second-order valence-corrected chi connectivity index (χ2v) is 10.6. The predicted molar refractivity (Wildman–Crippen MR) is 151 cm³/mol. The summed E-state index contributed by atoms with van der Waals surface area (Å²) in [6.07, 6.45) is 1.68. The van der Waals surface area contributed by atoms with Crippen LogP contribution in [0.4, 0.5) is 4.79 Å². The molecule has 1 aliphatic rings. The molecule has 0 saturated carbocycles. The van der Waals surface area contributed by atoms with Crippen LogP contribution in [0.2, 0.25) is 10.0 Å². The standard InChI is InChI=1S/C26H20Cl2INO5S/c1-33-22-13-17(12-21(29)24(22)35-15-16-2-4-18(27)5-3-16)14-23-25(31)30(26(32)36-23)10-11-34-20-8-6-19(28)7-9-20/h2-9,12-14H,10-11,15H2,1H3/b23-14-. The van der Waals surface area contributed by atoms with Crippen LogP contribution in [0, 0.1) is 3.57 Å². The highest BCUT2D eigenvalue weighted by Gasteiger charge is 2.35. The molecule has 4 rings (SSSR count). The van der Waals surface area contributed by atoms with Crippen LogP contribution in [0.1, 0.15) is 11.1 Å². The maximum atomic E-state index is 12.9. The molecule has 1 aliphatic heterocycles. The van der Waals surface area contributed by atoms with E-state index < -0.39 is 0 Å². The number of halogens is 3. The number of imide groups is 1. The summed E-state index contributed by atoms with van der Waals surface area (Å²) in [7, 11) is 1.55. The number of carbonyl (C=O) groups excluding carboxylic acids is 2. The maximum Gasteiger partial charge on any atom is 0.293 e. The van der Waals surface area contributed by atoms with Crippen LogP contribution < -0.4 is 14.2 Å². The molecule has 1 saturated heterocycles. The number of nitrogens with zero attached hydrogens (tertiary/aromatic N) is 1. The number of hydrogen-bond donors (Lipinski definition) is 0. The first-order chi connectivity index (χ1) is 17.3. The molecule has 0 atom stereocenters. The SMILES string of the molecule is COc1cc(/C=C2\SC(=O)N(CCOc3ccc(Cl)cc3)C2=O)cc(I)c1OCc1ccc(Cl)cc1. The largest absolute Gasteiger partial charge is 0.493 e. The first kappa shape index (κ1) is 26.7. The molecule has 3 aromatic rings. The lowest BCUT2D eigenvalue weighted by Gasteiger charge is -2.14. The van der Waals surface area contributed by atoms with Crippen LogP contribution in [0.15, 0.2) is 65.6 Å². The van der Waals surface area contributed by atoms with E-state index in [9.17, 15) is 9.59 Å². The zero-order chi connectivity index (χ0) is 25.7. The molecule has 0 aliphatic carbocycles. The van der Waals surface area contributed by atoms with E-state index in [0.717, 1.165) is 26.5 Å². The van der Waals surface area contributed by atoms with Gasteiger partial charge in [0.15, 0.2) is 11.5 Å². The average Bonchev–Trinajstić information content (AvgIpc) is 3.12. The Labute approximate surface area is 236 Å². The van der Waals surface area contributed by atoms with Gasteiger partial charge in [0.1, 0.15) is 19.0 Å². The van der Waals surface area contributed by atoms with Gasteiger partial charge in [0, 0.05) is 10.0 Å². The molecule has 0 spiro atoms. The minimum absolute atomic E-state index is 0.142. The molecular formula is C26H20Cl2INO5S. The van der Waals surface area contributed by atoms with Gasteiger partial charge in [-0.2, -0.15) is 0 Å². The van der Waals surface area contributed by atoms with Gasteiger partial charge in [-0.25, -0.2) is 0 Å². The van der Waals surface area contributed by atoms with Crippen molar-refractivity contribution in [2.24, 2.45) is 0 Å². The van der Waals surface area contributed by atoms with Crippen molar-refractivity contribution in [2.75, 3.05) is 20.3 Å². The lowest BCUT2D eigenvalue weighted by molar-refractivity contribution is -0.123. The Morgan fingerprint density at radius 1 is 0.972 bits per heavy atom. The molecule has 0 radical (unpaired) electrons. The number of rotatable bonds is 9. The molecule has 0 unspecified atom stereocenters. The number of benzene rings is 3. The van der Waals surface area contributed by atoms with Crippen molar-refractivity contribution in [3.05, 3.63) is 90.3 Å². The number of amides is 2. The van der Waals surface area contributed by atoms with Gasteiger partial charge >= 0.3 is 0 Å². The van der Waals surface area contributed by atoms with E-state index in [1.54, 1.807) is 43.5 Å². The Hall–Kier alpha value is -2.40. The summed E-state index contributed by atoms with van der Waals surface area (Å²) >= 11 is 14.9. The zero-order valence-corrected chi connectivity index (χ0v) is 23.5. The highest BCUT2D eigenvalue weighted by molar-refractivity contribution is 14.1. The van der Waals surface area contributed by atoms with E-state index in [2.05, 4.69) is 22.6 Å². The highest BCUT2D eigenvalue weighted by Crippen LogP contribution is 2.37. The first-order valence-corrected chi connectivity index (χ1v) is 13.4. The van der Waals surface area contributed by atoms with Crippen molar-refractivity contribution in [1.82, 2.24) is 4.90 Å². The summed E-state index contributed by atoms with van der Waals surface area (Å²) in [6, 6.07) is 17.9. The van der Waals surface area contributed by atoms with E-state index in [1.807, 2.05) is 30.3 Å². The van der Waals surface area contributed by atoms with Crippen molar-refractivity contribution in [3.63, 3.8) is 0 Å². The Morgan fingerprint density at radius 3 is 2.31 bits per heavy atom. The topological polar surface area (TPSA) is 65.1 Å². The number of thioether (sulfide) groups is 1. The molecule has 2 amide bonds. The number of hydrogen-bond acceptors (Lipinski definition) is 6. The van der Waals surface area contributed by atoms with E-state index in [-0.39, 0.29) is 24.3 Å². The zero-order valence-electron chi connectivity index (χ0n) is 19.0.